The SMILES string of the molecule is CC(C)(C)c1ccc(S(=O)(=O)O)cc1C=O. The molecule has 0 unspecified atom stereocenters. The molecule has 88 valence electrons. The van der Waals surface area contributed by atoms with Gasteiger partial charge in [-0.05, 0) is 23.1 Å². The summed E-state index contributed by atoms with van der Waals surface area (Å²) in [7, 11) is -4.26. The molecule has 0 fully saturated rings. The number of aldehydes is 1. The summed E-state index contributed by atoms with van der Waals surface area (Å²) in [5, 5.41) is 0. The zero-order valence-electron chi connectivity index (χ0n) is 9.39. The van der Waals surface area contributed by atoms with Gasteiger partial charge in [0.25, 0.3) is 10.1 Å². The molecule has 0 heterocycles. The molecule has 1 aromatic rings. The second-order valence-electron chi connectivity index (χ2n) is 4.59. The van der Waals surface area contributed by atoms with Crippen molar-refractivity contribution in [1.29, 1.82) is 0 Å². The Hall–Kier alpha value is -1.20. The first-order valence-electron chi connectivity index (χ1n) is 4.73. The Morgan fingerprint density at radius 3 is 2.19 bits per heavy atom. The highest BCUT2D eigenvalue weighted by molar-refractivity contribution is 7.85. The molecule has 1 aromatic carbocycles. The maximum atomic E-state index is 10.9. The Kier molecular flexibility index (Phi) is 3.21. The summed E-state index contributed by atoms with van der Waals surface area (Å²) in [6, 6.07) is 4.03. The zero-order chi connectivity index (χ0) is 12.6. The van der Waals surface area contributed by atoms with Crippen molar-refractivity contribution in [3.05, 3.63) is 29.3 Å². The van der Waals surface area contributed by atoms with Gasteiger partial charge in [-0.15, -0.1) is 0 Å². The lowest BCUT2D eigenvalue weighted by molar-refractivity contribution is 0.112. The number of carbonyl (C=O) groups excluding carboxylic acids is 1. The van der Waals surface area contributed by atoms with Crippen molar-refractivity contribution in [2.75, 3.05) is 0 Å². The molecule has 0 amide bonds. The van der Waals surface area contributed by atoms with Gasteiger partial charge < -0.3 is 0 Å². The highest BCUT2D eigenvalue weighted by Gasteiger charge is 2.20. The molecular weight excluding hydrogens is 228 g/mol. The van der Waals surface area contributed by atoms with Crippen molar-refractivity contribution in [2.45, 2.75) is 31.1 Å². The molecule has 0 spiro atoms. The molecule has 16 heavy (non-hydrogen) atoms. The fourth-order valence-electron chi connectivity index (χ4n) is 1.48. The maximum Gasteiger partial charge on any atom is 0.294 e. The first kappa shape index (κ1) is 12.9. The molecule has 0 aliphatic carbocycles. The topological polar surface area (TPSA) is 71.4 Å². The average Bonchev–Trinajstić information content (AvgIpc) is 2.14. The van der Waals surface area contributed by atoms with E-state index in [2.05, 4.69) is 0 Å². The monoisotopic (exact) mass is 242 g/mol. The van der Waals surface area contributed by atoms with Gasteiger partial charge in [-0.25, -0.2) is 0 Å². The number of carbonyl (C=O) groups is 1. The van der Waals surface area contributed by atoms with Crippen LogP contribution in [0.1, 0.15) is 36.7 Å². The molecule has 0 aliphatic rings. The van der Waals surface area contributed by atoms with E-state index in [4.69, 9.17) is 4.55 Å². The van der Waals surface area contributed by atoms with Gasteiger partial charge in [-0.3, -0.25) is 9.35 Å². The number of rotatable bonds is 2. The number of hydrogen-bond acceptors (Lipinski definition) is 3. The average molecular weight is 242 g/mol. The Morgan fingerprint density at radius 2 is 1.81 bits per heavy atom. The van der Waals surface area contributed by atoms with Gasteiger partial charge in [0.2, 0.25) is 0 Å². The van der Waals surface area contributed by atoms with E-state index in [0.29, 0.717) is 6.29 Å². The Labute approximate surface area is 95.0 Å². The van der Waals surface area contributed by atoms with Crippen LogP contribution >= 0.6 is 0 Å². The summed E-state index contributed by atoms with van der Waals surface area (Å²) >= 11 is 0. The quantitative estimate of drug-likeness (QED) is 0.636. The molecular formula is C11H14O4S. The molecule has 0 aliphatic heterocycles. The van der Waals surface area contributed by atoms with Crippen molar-refractivity contribution in [3.63, 3.8) is 0 Å². The van der Waals surface area contributed by atoms with Crippen molar-refractivity contribution in [2.24, 2.45) is 0 Å². The molecule has 0 radical (unpaired) electrons. The fourth-order valence-corrected chi connectivity index (χ4v) is 2.00. The van der Waals surface area contributed by atoms with E-state index in [1.54, 1.807) is 6.07 Å². The zero-order valence-corrected chi connectivity index (χ0v) is 10.2. The molecule has 0 aromatic heterocycles. The first-order chi connectivity index (χ1) is 7.16. The standard InChI is InChI=1S/C11H14O4S/c1-11(2,3)10-5-4-9(16(13,14)15)6-8(10)7-12/h4-7H,1-3H3,(H,13,14,15). The van der Waals surface area contributed by atoms with Crippen LogP contribution in [0.5, 0.6) is 0 Å². The minimum Gasteiger partial charge on any atom is -0.298 e. The van der Waals surface area contributed by atoms with E-state index in [0.717, 1.165) is 5.56 Å². The molecule has 1 N–H and O–H groups in total. The third-order valence-electron chi connectivity index (χ3n) is 2.26. The van der Waals surface area contributed by atoms with Crippen LogP contribution in [0.3, 0.4) is 0 Å². The largest absolute Gasteiger partial charge is 0.298 e. The molecule has 5 heteroatoms. The molecule has 1 rings (SSSR count). The number of hydrogen-bond donors (Lipinski definition) is 1. The lowest BCUT2D eigenvalue weighted by atomic mass is 9.84. The third kappa shape index (κ3) is 2.68. The summed E-state index contributed by atoms with van der Waals surface area (Å²) in [4.78, 5) is 10.6. The lowest BCUT2D eigenvalue weighted by Crippen LogP contribution is -2.14. The van der Waals surface area contributed by atoms with Gasteiger partial charge in [0.15, 0.2) is 0 Å². The van der Waals surface area contributed by atoms with E-state index < -0.39 is 10.1 Å². The van der Waals surface area contributed by atoms with Crippen LogP contribution in [0, 0.1) is 0 Å². The predicted octanol–water partition coefficient (Wildman–Crippen LogP) is 2.04. The molecule has 0 bridgehead atoms. The molecule has 0 saturated heterocycles. The predicted molar refractivity (Wildman–Crippen MR) is 60.3 cm³/mol. The minimum absolute atomic E-state index is 0.256. The van der Waals surface area contributed by atoms with Crippen LogP contribution in [0.4, 0.5) is 0 Å². The van der Waals surface area contributed by atoms with Crippen molar-refractivity contribution >= 4 is 16.4 Å². The van der Waals surface area contributed by atoms with E-state index in [9.17, 15) is 13.2 Å². The van der Waals surface area contributed by atoms with Crippen LogP contribution in [-0.2, 0) is 15.5 Å². The van der Waals surface area contributed by atoms with Gasteiger partial charge in [0.05, 0.1) is 4.90 Å². The molecule has 0 saturated carbocycles. The van der Waals surface area contributed by atoms with Gasteiger partial charge in [0, 0.05) is 5.56 Å². The van der Waals surface area contributed by atoms with Crippen LogP contribution < -0.4 is 0 Å². The highest BCUT2D eigenvalue weighted by atomic mass is 32.2. The highest BCUT2D eigenvalue weighted by Crippen LogP contribution is 2.26. The van der Waals surface area contributed by atoms with Crippen LogP contribution in [0.15, 0.2) is 23.1 Å². The molecule has 4 nitrogen and oxygen atoms in total. The van der Waals surface area contributed by atoms with Gasteiger partial charge in [-0.2, -0.15) is 8.42 Å². The number of benzene rings is 1. The normalized spacial score (nSPS) is 12.5. The van der Waals surface area contributed by atoms with Crippen molar-refractivity contribution < 1.29 is 17.8 Å². The Balaban J connectivity index is 3.46. The fraction of sp³-hybridized carbons (Fsp3) is 0.364. The van der Waals surface area contributed by atoms with Gasteiger partial charge >= 0.3 is 0 Å². The molecule has 0 atom stereocenters. The van der Waals surface area contributed by atoms with Crippen molar-refractivity contribution in [1.82, 2.24) is 0 Å². The van der Waals surface area contributed by atoms with E-state index >= 15 is 0 Å². The Bertz CT molecular complexity index is 509. The summed E-state index contributed by atoms with van der Waals surface area (Å²) in [5.41, 5.74) is 0.770. The summed E-state index contributed by atoms with van der Waals surface area (Å²) in [6.07, 6.45) is 0.593. The maximum absolute atomic E-state index is 10.9. The Morgan fingerprint density at radius 1 is 1.25 bits per heavy atom. The van der Waals surface area contributed by atoms with Gasteiger partial charge in [0.1, 0.15) is 6.29 Å². The van der Waals surface area contributed by atoms with Crippen LogP contribution in [0.25, 0.3) is 0 Å². The lowest BCUT2D eigenvalue weighted by Gasteiger charge is -2.21. The third-order valence-corrected chi connectivity index (χ3v) is 3.11. The van der Waals surface area contributed by atoms with Gasteiger partial charge in [-0.1, -0.05) is 26.8 Å². The second-order valence-corrected chi connectivity index (χ2v) is 6.01. The van der Waals surface area contributed by atoms with Crippen molar-refractivity contribution in [3.8, 4) is 0 Å². The van der Waals surface area contributed by atoms with E-state index in [-0.39, 0.29) is 15.9 Å². The smallest absolute Gasteiger partial charge is 0.294 e. The summed E-state index contributed by atoms with van der Waals surface area (Å²) in [6.45, 7) is 5.76. The summed E-state index contributed by atoms with van der Waals surface area (Å²) in [5.74, 6) is 0. The van der Waals surface area contributed by atoms with Crippen LogP contribution in [0.2, 0.25) is 0 Å². The van der Waals surface area contributed by atoms with Crippen LogP contribution in [-0.4, -0.2) is 19.3 Å². The summed E-state index contributed by atoms with van der Waals surface area (Å²) < 4.78 is 30.7. The van der Waals surface area contributed by atoms with E-state index in [1.165, 1.54) is 12.1 Å². The first-order valence-corrected chi connectivity index (χ1v) is 6.17. The minimum atomic E-state index is -4.26. The van der Waals surface area contributed by atoms with E-state index in [1.807, 2.05) is 20.8 Å². The second kappa shape index (κ2) is 3.99.